The molecule has 1 heterocycles. The van der Waals surface area contributed by atoms with Crippen LogP contribution < -0.4 is 5.32 Å². The molecule has 0 spiro atoms. The van der Waals surface area contributed by atoms with Crippen LogP contribution in [0.5, 0.6) is 0 Å². The number of hydrogen-bond donors (Lipinski definition) is 1. The van der Waals surface area contributed by atoms with Crippen LogP contribution in [0.3, 0.4) is 0 Å². The Labute approximate surface area is 106 Å². The van der Waals surface area contributed by atoms with Gasteiger partial charge in [-0.25, -0.2) is 0 Å². The van der Waals surface area contributed by atoms with Gasteiger partial charge in [0.05, 0.1) is 5.92 Å². The molecule has 16 heavy (non-hydrogen) atoms. The Kier molecular flexibility index (Phi) is 3.04. The summed E-state index contributed by atoms with van der Waals surface area (Å²) in [4.78, 5) is 22.9. The quantitative estimate of drug-likeness (QED) is 0.638. The van der Waals surface area contributed by atoms with E-state index in [2.05, 4.69) is 21.2 Å². The number of nitrogens with one attached hydrogen (secondary N) is 1. The Balaban J connectivity index is 2.48. The molecule has 0 radical (unpaired) electrons. The zero-order valence-corrected chi connectivity index (χ0v) is 10.8. The first-order valence-corrected chi connectivity index (χ1v) is 5.99. The monoisotopic (exact) mass is 301 g/mol. The fourth-order valence-corrected chi connectivity index (χ4v) is 2.50. The van der Waals surface area contributed by atoms with Gasteiger partial charge in [-0.1, -0.05) is 28.1 Å². The number of hydrogen-bond acceptors (Lipinski definition) is 2. The lowest BCUT2D eigenvalue weighted by molar-refractivity contribution is -0.125. The maximum atomic E-state index is 11.6. The molecule has 1 N–H and O–H groups in total. The largest absolute Gasteiger partial charge is 0.295 e. The highest BCUT2D eigenvalue weighted by Gasteiger charge is 2.42. The van der Waals surface area contributed by atoms with Gasteiger partial charge in [-0.2, -0.15) is 0 Å². The summed E-state index contributed by atoms with van der Waals surface area (Å²) in [7, 11) is 0. The molecule has 84 valence electrons. The molecular formula is C11H9BrClNO2. The van der Waals surface area contributed by atoms with Crippen molar-refractivity contribution in [2.24, 2.45) is 0 Å². The van der Waals surface area contributed by atoms with Crippen molar-refractivity contribution in [3.63, 3.8) is 0 Å². The minimum Gasteiger partial charge on any atom is -0.295 e. The lowest BCUT2D eigenvalue weighted by Crippen LogP contribution is -2.22. The van der Waals surface area contributed by atoms with E-state index in [4.69, 9.17) is 11.6 Å². The number of benzene rings is 1. The van der Waals surface area contributed by atoms with E-state index in [1.807, 2.05) is 25.1 Å². The van der Waals surface area contributed by atoms with E-state index in [9.17, 15) is 9.59 Å². The first kappa shape index (κ1) is 11.6. The summed E-state index contributed by atoms with van der Waals surface area (Å²) in [5.41, 5.74) is 1.72. The van der Waals surface area contributed by atoms with Gasteiger partial charge >= 0.3 is 0 Å². The van der Waals surface area contributed by atoms with Gasteiger partial charge in [0.2, 0.25) is 11.8 Å². The van der Waals surface area contributed by atoms with Crippen molar-refractivity contribution in [2.45, 2.75) is 18.2 Å². The minimum absolute atomic E-state index is 0.328. The van der Waals surface area contributed by atoms with Crippen molar-refractivity contribution in [3.05, 3.63) is 33.8 Å². The molecular weight excluding hydrogens is 293 g/mol. The molecule has 1 aromatic carbocycles. The van der Waals surface area contributed by atoms with Crippen LogP contribution in [0, 0.1) is 6.92 Å². The molecule has 1 fully saturated rings. The number of imide groups is 1. The molecule has 0 saturated carbocycles. The third kappa shape index (κ3) is 1.76. The number of amides is 2. The average molecular weight is 303 g/mol. The molecule has 2 rings (SSSR count). The van der Waals surface area contributed by atoms with Crippen LogP contribution in [-0.4, -0.2) is 17.2 Å². The van der Waals surface area contributed by atoms with Crippen molar-refractivity contribution in [1.29, 1.82) is 0 Å². The van der Waals surface area contributed by atoms with Gasteiger partial charge < -0.3 is 0 Å². The second kappa shape index (κ2) is 4.18. The predicted octanol–water partition coefficient (Wildman–Crippen LogP) is 2.10. The summed E-state index contributed by atoms with van der Waals surface area (Å²) in [6, 6.07) is 5.53. The fraction of sp³-hybridized carbons (Fsp3) is 0.273. The first-order chi connectivity index (χ1) is 7.52. The summed E-state index contributed by atoms with van der Waals surface area (Å²) in [5.74, 6) is -1.34. The van der Waals surface area contributed by atoms with Crippen LogP contribution in [0.1, 0.15) is 17.0 Å². The lowest BCUT2D eigenvalue weighted by atomic mass is 9.93. The maximum absolute atomic E-state index is 11.6. The predicted molar refractivity (Wildman–Crippen MR) is 64.4 cm³/mol. The fourth-order valence-electron chi connectivity index (χ4n) is 1.81. The molecule has 2 unspecified atom stereocenters. The normalized spacial score (nSPS) is 24.7. The first-order valence-electron chi connectivity index (χ1n) is 4.76. The molecule has 3 nitrogen and oxygen atoms in total. The zero-order valence-electron chi connectivity index (χ0n) is 8.46. The van der Waals surface area contributed by atoms with Gasteiger partial charge in [0.15, 0.2) is 0 Å². The van der Waals surface area contributed by atoms with E-state index < -0.39 is 17.2 Å². The van der Waals surface area contributed by atoms with Gasteiger partial charge in [-0.3, -0.25) is 14.9 Å². The third-order valence-electron chi connectivity index (χ3n) is 2.72. The summed E-state index contributed by atoms with van der Waals surface area (Å²) in [5, 5.41) is 1.42. The van der Waals surface area contributed by atoms with Crippen LogP contribution in [-0.2, 0) is 9.59 Å². The molecule has 0 aliphatic carbocycles. The van der Waals surface area contributed by atoms with Crippen molar-refractivity contribution >= 4 is 39.3 Å². The SMILES string of the molecule is Cc1c(Br)cccc1C1C(=O)NC(=O)C1Cl. The van der Waals surface area contributed by atoms with Crippen molar-refractivity contribution in [1.82, 2.24) is 5.32 Å². The molecule has 2 atom stereocenters. The Morgan fingerprint density at radius 2 is 2.00 bits per heavy atom. The Bertz CT molecular complexity index is 475. The van der Waals surface area contributed by atoms with E-state index in [0.717, 1.165) is 15.6 Å². The number of carbonyl (C=O) groups is 2. The summed E-state index contributed by atoms with van der Waals surface area (Å²) >= 11 is 9.32. The van der Waals surface area contributed by atoms with Crippen molar-refractivity contribution in [3.8, 4) is 0 Å². The van der Waals surface area contributed by atoms with Gasteiger partial charge in [-0.05, 0) is 24.1 Å². The topological polar surface area (TPSA) is 46.2 Å². The van der Waals surface area contributed by atoms with Crippen LogP contribution in [0.25, 0.3) is 0 Å². The zero-order chi connectivity index (χ0) is 11.9. The molecule has 0 aromatic heterocycles. The molecule has 1 aromatic rings. The third-order valence-corrected chi connectivity index (χ3v) is 4.03. The van der Waals surface area contributed by atoms with E-state index in [1.54, 1.807) is 0 Å². The van der Waals surface area contributed by atoms with Crippen LogP contribution >= 0.6 is 27.5 Å². The van der Waals surface area contributed by atoms with E-state index in [1.165, 1.54) is 0 Å². The molecule has 1 aliphatic rings. The minimum atomic E-state index is -0.819. The summed E-state index contributed by atoms with van der Waals surface area (Å²) in [6.07, 6.45) is 0. The van der Waals surface area contributed by atoms with Crippen LogP contribution in [0.15, 0.2) is 22.7 Å². The van der Waals surface area contributed by atoms with Gasteiger partial charge in [-0.15, -0.1) is 11.6 Å². The van der Waals surface area contributed by atoms with Crippen molar-refractivity contribution in [2.75, 3.05) is 0 Å². The average Bonchev–Trinajstić information content (AvgIpc) is 2.47. The van der Waals surface area contributed by atoms with Crippen molar-refractivity contribution < 1.29 is 9.59 Å². The van der Waals surface area contributed by atoms with E-state index >= 15 is 0 Å². The highest BCUT2D eigenvalue weighted by Crippen LogP contribution is 2.33. The molecule has 1 saturated heterocycles. The second-order valence-electron chi connectivity index (χ2n) is 3.69. The summed E-state index contributed by atoms with van der Waals surface area (Å²) in [6.45, 7) is 1.89. The molecule has 1 aliphatic heterocycles. The van der Waals surface area contributed by atoms with Gasteiger partial charge in [0.25, 0.3) is 0 Å². The number of alkyl halides is 1. The Morgan fingerprint density at radius 1 is 1.31 bits per heavy atom. The molecule has 0 bridgehead atoms. The lowest BCUT2D eigenvalue weighted by Gasteiger charge is -2.13. The van der Waals surface area contributed by atoms with Gasteiger partial charge in [0.1, 0.15) is 5.38 Å². The highest BCUT2D eigenvalue weighted by molar-refractivity contribution is 9.10. The molecule has 2 amide bonds. The standard InChI is InChI=1S/C11H9BrClNO2/c1-5-6(3-2-4-7(5)12)8-9(13)11(16)14-10(8)15/h2-4,8-9H,1H3,(H,14,15,16). The second-order valence-corrected chi connectivity index (χ2v) is 5.01. The van der Waals surface area contributed by atoms with Gasteiger partial charge in [0, 0.05) is 4.47 Å². The number of halogens is 2. The van der Waals surface area contributed by atoms with E-state index in [-0.39, 0.29) is 5.91 Å². The molecule has 5 heteroatoms. The highest BCUT2D eigenvalue weighted by atomic mass is 79.9. The smallest absolute Gasteiger partial charge is 0.245 e. The van der Waals surface area contributed by atoms with Crippen LogP contribution in [0.4, 0.5) is 0 Å². The Morgan fingerprint density at radius 3 is 2.56 bits per heavy atom. The van der Waals surface area contributed by atoms with Crippen LogP contribution in [0.2, 0.25) is 0 Å². The summed E-state index contributed by atoms with van der Waals surface area (Å²) < 4.78 is 0.904. The number of carbonyl (C=O) groups excluding carboxylic acids is 2. The van der Waals surface area contributed by atoms with E-state index in [0.29, 0.717) is 0 Å². The maximum Gasteiger partial charge on any atom is 0.245 e. The Hall–Kier alpha value is -0.870. The number of rotatable bonds is 1.